The number of carboxylic acid groups (broad SMARTS) is 2. The standard InChI is InChI=1S/C25H25N9O4/c26-20(23(35)36)9-18-11-29-22(31-18)13-28-16-5-1-14(2-6-16)15-3-7-17(8-4-15)33-34-25-30-12-19(32-25)10-21(27)24(37)38/h1-8,11-13,20-21H,9-10,26-27H2,(H,29,31)(H,30,32)(H,35,36)(H,37,38). The summed E-state index contributed by atoms with van der Waals surface area (Å²) >= 11 is 0. The second-order valence-electron chi connectivity index (χ2n) is 8.38. The van der Waals surface area contributed by atoms with E-state index in [9.17, 15) is 9.59 Å². The molecule has 13 heteroatoms. The Morgan fingerprint density at radius 1 is 0.789 bits per heavy atom. The molecular formula is C25H25N9O4. The highest BCUT2D eigenvalue weighted by Crippen LogP contribution is 2.25. The Morgan fingerprint density at radius 2 is 1.32 bits per heavy atom. The fourth-order valence-corrected chi connectivity index (χ4v) is 3.40. The topological polar surface area (TPSA) is 221 Å². The van der Waals surface area contributed by atoms with Crippen molar-refractivity contribution in [3.05, 3.63) is 78.1 Å². The normalized spacial score (nSPS) is 13.2. The van der Waals surface area contributed by atoms with Crippen molar-refractivity contribution >= 4 is 35.5 Å². The molecule has 13 nitrogen and oxygen atoms in total. The number of nitrogens with one attached hydrogen (secondary N) is 2. The molecule has 2 aromatic heterocycles. The Morgan fingerprint density at radius 3 is 1.89 bits per heavy atom. The molecule has 38 heavy (non-hydrogen) atoms. The van der Waals surface area contributed by atoms with Crippen LogP contribution in [-0.2, 0) is 22.4 Å². The van der Waals surface area contributed by atoms with Gasteiger partial charge in [0, 0.05) is 30.4 Å². The number of imidazole rings is 2. The number of nitrogens with zero attached hydrogens (tertiary/aromatic N) is 5. The van der Waals surface area contributed by atoms with Crippen molar-refractivity contribution in [3.63, 3.8) is 0 Å². The van der Waals surface area contributed by atoms with Gasteiger partial charge in [-0.25, -0.2) is 9.97 Å². The Kier molecular flexibility index (Phi) is 8.10. The number of azo groups is 1. The number of aliphatic imine (C=N–C) groups is 1. The lowest BCUT2D eigenvalue weighted by molar-refractivity contribution is -0.139. The Balaban J connectivity index is 1.34. The first-order valence-corrected chi connectivity index (χ1v) is 11.5. The molecule has 0 fully saturated rings. The van der Waals surface area contributed by atoms with Crippen LogP contribution < -0.4 is 11.5 Å². The third kappa shape index (κ3) is 7.02. The van der Waals surface area contributed by atoms with E-state index >= 15 is 0 Å². The molecule has 0 saturated heterocycles. The van der Waals surface area contributed by atoms with Gasteiger partial charge in [0.2, 0.25) is 5.95 Å². The third-order valence-corrected chi connectivity index (χ3v) is 5.44. The molecule has 0 aliphatic rings. The summed E-state index contributed by atoms with van der Waals surface area (Å²) < 4.78 is 0. The van der Waals surface area contributed by atoms with Gasteiger partial charge >= 0.3 is 11.9 Å². The van der Waals surface area contributed by atoms with Crippen LogP contribution in [-0.4, -0.2) is 60.4 Å². The van der Waals surface area contributed by atoms with Crippen molar-refractivity contribution in [2.45, 2.75) is 24.9 Å². The Labute approximate surface area is 216 Å². The Hall–Kier alpha value is -5.01. The molecule has 4 aromatic rings. The van der Waals surface area contributed by atoms with E-state index in [0.29, 0.717) is 22.9 Å². The van der Waals surface area contributed by atoms with E-state index in [1.165, 1.54) is 6.20 Å². The number of H-pyrrole nitrogens is 2. The van der Waals surface area contributed by atoms with Crippen molar-refractivity contribution in [1.82, 2.24) is 19.9 Å². The quantitative estimate of drug-likeness (QED) is 0.128. The van der Waals surface area contributed by atoms with Crippen LogP contribution in [0.15, 0.2) is 76.1 Å². The van der Waals surface area contributed by atoms with E-state index < -0.39 is 24.0 Å². The molecule has 0 bridgehead atoms. The molecule has 0 aliphatic heterocycles. The van der Waals surface area contributed by atoms with Crippen molar-refractivity contribution in [2.24, 2.45) is 26.7 Å². The van der Waals surface area contributed by atoms with E-state index in [-0.39, 0.29) is 18.8 Å². The minimum atomic E-state index is -1.09. The summed E-state index contributed by atoms with van der Waals surface area (Å²) in [6, 6.07) is 13.1. The average molecular weight is 516 g/mol. The number of carboxylic acids is 2. The maximum atomic E-state index is 10.9. The van der Waals surface area contributed by atoms with Gasteiger partial charge in [-0.15, -0.1) is 10.2 Å². The third-order valence-electron chi connectivity index (χ3n) is 5.44. The molecule has 2 aromatic carbocycles. The zero-order valence-corrected chi connectivity index (χ0v) is 20.0. The van der Waals surface area contributed by atoms with Gasteiger partial charge in [-0.3, -0.25) is 14.6 Å². The van der Waals surface area contributed by atoms with Crippen molar-refractivity contribution in [3.8, 4) is 11.1 Å². The summed E-state index contributed by atoms with van der Waals surface area (Å²) in [4.78, 5) is 40.2. The number of carbonyl (C=O) groups is 2. The molecule has 0 saturated carbocycles. The summed E-state index contributed by atoms with van der Waals surface area (Å²) in [5.41, 5.74) is 15.6. The second-order valence-corrected chi connectivity index (χ2v) is 8.38. The highest BCUT2D eigenvalue weighted by molar-refractivity contribution is 5.78. The zero-order valence-electron chi connectivity index (χ0n) is 20.0. The highest BCUT2D eigenvalue weighted by atomic mass is 16.4. The zero-order chi connectivity index (χ0) is 27.1. The van der Waals surface area contributed by atoms with Crippen molar-refractivity contribution < 1.29 is 19.8 Å². The number of rotatable bonds is 11. The lowest BCUT2D eigenvalue weighted by Gasteiger charge is -2.03. The molecule has 2 heterocycles. The number of hydrogen-bond acceptors (Lipinski definition) is 9. The van der Waals surface area contributed by atoms with E-state index in [0.717, 1.165) is 16.8 Å². The van der Waals surface area contributed by atoms with Crippen LogP contribution in [0, 0.1) is 0 Å². The molecule has 8 N–H and O–H groups in total. The minimum Gasteiger partial charge on any atom is -0.480 e. The lowest BCUT2D eigenvalue weighted by Crippen LogP contribution is -2.32. The molecule has 2 atom stereocenters. The molecule has 2 unspecified atom stereocenters. The van der Waals surface area contributed by atoms with Gasteiger partial charge in [0.1, 0.15) is 17.9 Å². The highest BCUT2D eigenvalue weighted by Gasteiger charge is 2.14. The van der Waals surface area contributed by atoms with Crippen molar-refractivity contribution in [1.29, 1.82) is 0 Å². The first-order valence-electron chi connectivity index (χ1n) is 11.5. The summed E-state index contributed by atoms with van der Waals surface area (Å²) in [6.45, 7) is 0. The first kappa shape index (κ1) is 26.1. The van der Waals surface area contributed by atoms with Crippen LogP contribution >= 0.6 is 0 Å². The number of hydrogen-bond donors (Lipinski definition) is 6. The van der Waals surface area contributed by atoms with Gasteiger partial charge in [-0.05, 0) is 35.4 Å². The van der Waals surface area contributed by atoms with Gasteiger partial charge in [0.15, 0.2) is 0 Å². The number of benzene rings is 2. The fraction of sp³-hybridized carbons (Fsp3) is 0.160. The van der Waals surface area contributed by atoms with Crippen LogP contribution in [0.4, 0.5) is 17.3 Å². The molecule has 4 rings (SSSR count). The summed E-state index contributed by atoms with van der Waals surface area (Å²) in [7, 11) is 0. The largest absolute Gasteiger partial charge is 0.480 e. The maximum Gasteiger partial charge on any atom is 0.320 e. The minimum absolute atomic E-state index is 0.115. The molecule has 0 aliphatic carbocycles. The predicted molar refractivity (Wildman–Crippen MR) is 139 cm³/mol. The molecule has 194 valence electrons. The Bertz CT molecular complexity index is 1340. The van der Waals surface area contributed by atoms with Crippen LogP contribution in [0.3, 0.4) is 0 Å². The number of aliphatic carboxylic acids is 2. The molecule has 0 amide bonds. The van der Waals surface area contributed by atoms with Gasteiger partial charge in [0.25, 0.3) is 0 Å². The fourth-order valence-electron chi connectivity index (χ4n) is 3.40. The van der Waals surface area contributed by atoms with E-state index in [1.807, 2.05) is 48.5 Å². The van der Waals surface area contributed by atoms with Crippen molar-refractivity contribution in [2.75, 3.05) is 0 Å². The first-order chi connectivity index (χ1) is 18.3. The van der Waals surface area contributed by atoms with Gasteiger partial charge in [-0.2, -0.15) is 0 Å². The maximum absolute atomic E-state index is 10.9. The summed E-state index contributed by atoms with van der Waals surface area (Å²) in [5.74, 6) is -1.40. The molecular weight excluding hydrogens is 490 g/mol. The van der Waals surface area contributed by atoms with Gasteiger partial charge < -0.3 is 31.6 Å². The van der Waals surface area contributed by atoms with Crippen LogP contribution in [0.2, 0.25) is 0 Å². The number of aromatic amines is 2. The summed E-state index contributed by atoms with van der Waals surface area (Å²) in [5, 5.41) is 26.0. The summed E-state index contributed by atoms with van der Waals surface area (Å²) in [6.07, 6.45) is 4.86. The number of aromatic nitrogens is 4. The van der Waals surface area contributed by atoms with E-state index in [4.69, 9.17) is 21.7 Å². The average Bonchev–Trinajstić information content (AvgIpc) is 3.56. The van der Waals surface area contributed by atoms with E-state index in [2.05, 4.69) is 35.2 Å². The van der Waals surface area contributed by atoms with Gasteiger partial charge in [0.05, 0.1) is 23.8 Å². The van der Waals surface area contributed by atoms with Crippen LogP contribution in [0.1, 0.15) is 17.2 Å². The van der Waals surface area contributed by atoms with Crippen LogP contribution in [0.25, 0.3) is 11.1 Å². The SMILES string of the molecule is NC(Cc1cnc(C=Nc2ccc(-c3ccc(N=Nc4ncc(CC(N)C(=O)O)[nH]4)cc3)cc2)[nH]1)C(=O)O. The smallest absolute Gasteiger partial charge is 0.320 e. The monoisotopic (exact) mass is 515 g/mol. The second kappa shape index (κ2) is 11.8. The molecule has 0 radical (unpaired) electrons. The lowest BCUT2D eigenvalue weighted by atomic mass is 10.1. The number of nitrogens with two attached hydrogens (primary N) is 2. The van der Waals surface area contributed by atoms with E-state index in [1.54, 1.807) is 12.4 Å². The molecule has 0 spiro atoms. The van der Waals surface area contributed by atoms with Gasteiger partial charge in [-0.1, -0.05) is 24.3 Å². The van der Waals surface area contributed by atoms with Crippen LogP contribution in [0.5, 0.6) is 0 Å². The predicted octanol–water partition coefficient (Wildman–Crippen LogP) is 2.87.